The predicted octanol–water partition coefficient (Wildman–Crippen LogP) is 1.01. The number of benzene rings is 1. The van der Waals surface area contributed by atoms with Crippen LogP contribution in [0, 0.1) is 0 Å². The summed E-state index contributed by atoms with van der Waals surface area (Å²) in [5.41, 5.74) is 0.714. The quantitative estimate of drug-likeness (QED) is 0.801. The first kappa shape index (κ1) is 14.5. The number of hydrogen-bond acceptors (Lipinski definition) is 4. The van der Waals surface area contributed by atoms with E-state index in [2.05, 4.69) is 0 Å². The van der Waals surface area contributed by atoms with Crippen LogP contribution in [-0.2, 0) is 14.6 Å². The number of sulfone groups is 1. The average Bonchev–Trinajstić information content (AvgIpc) is 2.35. The first-order valence-electron chi connectivity index (χ1n) is 5.67. The Morgan fingerprint density at radius 3 is 2.39 bits per heavy atom. The number of carboxylic acids is 1. The predicted molar refractivity (Wildman–Crippen MR) is 70.6 cm³/mol. The lowest BCUT2D eigenvalue weighted by molar-refractivity contribution is -0.135. The van der Waals surface area contributed by atoms with Crippen molar-refractivity contribution in [3.05, 3.63) is 30.3 Å². The SMILES string of the molecule is CCS(=O)(=O)CCN(CC(=O)O)c1ccccc1. The number of para-hydroxylation sites is 1. The van der Waals surface area contributed by atoms with Crippen LogP contribution in [0.25, 0.3) is 0 Å². The van der Waals surface area contributed by atoms with Crippen molar-refractivity contribution in [3.8, 4) is 0 Å². The van der Waals surface area contributed by atoms with Gasteiger partial charge in [-0.1, -0.05) is 25.1 Å². The van der Waals surface area contributed by atoms with E-state index in [1.807, 2.05) is 6.07 Å². The van der Waals surface area contributed by atoms with Crippen molar-refractivity contribution in [3.63, 3.8) is 0 Å². The zero-order valence-electron chi connectivity index (χ0n) is 10.2. The van der Waals surface area contributed by atoms with E-state index < -0.39 is 15.8 Å². The van der Waals surface area contributed by atoms with E-state index >= 15 is 0 Å². The number of aliphatic carboxylic acids is 1. The third-order valence-electron chi connectivity index (χ3n) is 2.56. The molecule has 6 heteroatoms. The Morgan fingerprint density at radius 1 is 1.28 bits per heavy atom. The van der Waals surface area contributed by atoms with E-state index in [1.165, 1.54) is 0 Å². The van der Waals surface area contributed by atoms with E-state index in [0.29, 0.717) is 5.69 Å². The van der Waals surface area contributed by atoms with Crippen LogP contribution in [0.15, 0.2) is 30.3 Å². The summed E-state index contributed by atoms with van der Waals surface area (Å²) >= 11 is 0. The summed E-state index contributed by atoms with van der Waals surface area (Å²) < 4.78 is 22.9. The minimum absolute atomic E-state index is 0.0360. The number of rotatable bonds is 7. The largest absolute Gasteiger partial charge is 0.480 e. The molecule has 0 amide bonds. The molecule has 0 saturated heterocycles. The number of carbonyl (C=O) groups is 1. The van der Waals surface area contributed by atoms with Crippen molar-refractivity contribution >= 4 is 21.5 Å². The van der Waals surface area contributed by atoms with Crippen molar-refractivity contribution in [2.24, 2.45) is 0 Å². The molecule has 0 aliphatic heterocycles. The molecule has 1 aromatic carbocycles. The van der Waals surface area contributed by atoms with E-state index in [4.69, 9.17) is 5.11 Å². The molecule has 0 aromatic heterocycles. The zero-order valence-corrected chi connectivity index (χ0v) is 11.1. The Labute approximate surface area is 107 Å². The van der Waals surface area contributed by atoms with Gasteiger partial charge in [-0.2, -0.15) is 0 Å². The summed E-state index contributed by atoms with van der Waals surface area (Å²) in [6.07, 6.45) is 0. The zero-order chi connectivity index (χ0) is 13.6. The number of carboxylic acid groups (broad SMARTS) is 1. The normalized spacial score (nSPS) is 11.2. The summed E-state index contributed by atoms with van der Waals surface area (Å²) in [6.45, 7) is 1.56. The van der Waals surface area contributed by atoms with E-state index in [9.17, 15) is 13.2 Å². The molecule has 100 valence electrons. The second kappa shape index (κ2) is 6.39. The molecule has 1 N–H and O–H groups in total. The third-order valence-corrected chi connectivity index (χ3v) is 4.24. The highest BCUT2D eigenvalue weighted by Gasteiger charge is 2.14. The molecule has 1 rings (SSSR count). The van der Waals surface area contributed by atoms with Crippen LogP contribution < -0.4 is 4.90 Å². The highest BCUT2D eigenvalue weighted by atomic mass is 32.2. The second-order valence-electron chi connectivity index (χ2n) is 3.89. The van der Waals surface area contributed by atoms with Crippen molar-refractivity contribution in [1.29, 1.82) is 0 Å². The molecule has 0 atom stereocenters. The average molecular weight is 271 g/mol. The summed E-state index contributed by atoms with van der Waals surface area (Å²) in [6, 6.07) is 8.94. The molecule has 0 aliphatic rings. The smallest absolute Gasteiger partial charge is 0.323 e. The Hall–Kier alpha value is -1.56. The Balaban J connectivity index is 2.77. The molecule has 5 nitrogen and oxygen atoms in total. The number of anilines is 1. The van der Waals surface area contributed by atoms with Crippen LogP contribution >= 0.6 is 0 Å². The van der Waals surface area contributed by atoms with Crippen LogP contribution in [0.5, 0.6) is 0 Å². The molecule has 0 radical (unpaired) electrons. The van der Waals surface area contributed by atoms with Gasteiger partial charge in [0.25, 0.3) is 0 Å². The van der Waals surface area contributed by atoms with E-state index in [0.717, 1.165) is 0 Å². The summed E-state index contributed by atoms with van der Waals surface area (Å²) in [7, 11) is -3.09. The maximum atomic E-state index is 11.4. The van der Waals surface area contributed by atoms with Gasteiger partial charge < -0.3 is 10.0 Å². The van der Waals surface area contributed by atoms with Crippen molar-refractivity contribution in [1.82, 2.24) is 0 Å². The summed E-state index contributed by atoms with van der Waals surface area (Å²) in [5, 5.41) is 8.84. The molecule has 0 saturated carbocycles. The lowest BCUT2D eigenvalue weighted by Crippen LogP contribution is -2.34. The molecular weight excluding hydrogens is 254 g/mol. The van der Waals surface area contributed by atoms with Crippen LogP contribution in [0.4, 0.5) is 5.69 Å². The Bertz CT molecular complexity index is 484. The van der Waals surface area contributed by atoms with Gasteiger partial charge in [-0.25, -0.2) is 8.42 Å². The van der Waals surface area contributed by atoms with E-state index in [-0.39, 0.29) is 24.6 Å². The van der Waals surface area contributed by atoms with Gasteiger partial charge in [0.1, 0.15) is 6.54 Å². The minimum Gasteiger partial charge on any atom is -0.480 e. The lowest BCUT2D eigenvalue weighted by Gasteiger charge is -2.22. The van der Waals surface area contributed by atoms with Gasteiger partial charge in [0.2, 0.25) is 0 Å². The lowest BCUT2D eigenvalue weighted by atomic mass is 10.3. The Kier molecular flexibility index (Phi) is 5.15. The van der Waals surface area contributed by atoms with Crippen LogP contribution in [0.3, 0.4) is 0 Å². The summed E-state index contributed by atoms with van der Waals surface area (Å²) in [5.74, 6) is -0.943. The van der Waals surface area contributed by atoms with Gasteiger partial charge in [0.15, 0.2) is 9.84 Å². The van der Waals surface area contributed by atoms with Crippen molar-refractivity contribution in [2.75, 3.05) is 29.5 Å². The van der Waals surface area contributed by atoms with Crippen LogP contribution in [0.2, 0.25) is 0 Å². The highest BCUT2D eigenvalue weighted by Crippen LogP contribution is 2.12. The minimum atomic E-state index is -3.09. The fourth-order valence-corrected chi connectivity index (χ4v) is 2.28. The van der Waals surface area contributed by atoms with Crippen LogP contribution in [0.1, 0.15) is 6.92 Å². The van der Waals surface area contributed by atoms with Gasteiger partial charge in [-0.15, -0.1) is 0 Å². The molecule has 18 heavy (non-hydrogen) atoms. The monoisotopic (exact) mass is 271 g/mol. The van der Waals surface area contributed by atoms with Crippen molar-refractivity contribution in [2.45, 2.75) is 6.92 Å². The molecule has 0 spiro atoms. The molecule has 0 heterocycles. The fourth-order valence-electron chi connectivity index (χ4n) is 1.50. The second-order valence-corrected chi connectivity index (χ2v) is 6.36. The molecular formula is C12H17NO4S. The van der Waals surface area contributed by atoms with Gasteiger partial charge >= 0.3 is 5.97 Å². The highest BCUT2D eigenvalue weighted by molar-refractivity contribution is 7.91. The topological polar surface area (TPSA) is 74.7 Å². The molecule has 0 aliphatic carbocycles. The molecule has 1 aromatic rings. The van der Waals surface area contributed by atoms with Crippen LogP contribution in [-0.4, -0.2) is 44.1 Å². The fraction of sp³-hybridized carbons (Fsp3) is 0.417. The third kappa shape index (κ3) is 4.75. The van der Waals surface area contributed by atoms with Gasteiger partial charge in [0, 0.05) is 18.0 Å². The molecule has 0 unspecified atom stereocenters. The maximum absolute atomic E-state index is 11.4. The first-order valence-corrected chi connectivity index (χ1v) is 7.49. The molecule has 0 bridgehead atoms. The van der Waals surface area contributed by atoms with Gasteiger partial charge in [-0.05, 0) is 12.1 Å². The summed E-state index contributed by atoms with van der Waals surface area (Å²) in [4.78, 5) is 12.3. The van der Waals surface area contributed by atoms with Crippen molar-refractivity contribution < 1.29 is 18.3 Å². The van der Waals surface area contributed by atoms with Gasteiger partial charge in [-0.3, -0.25) is 4.79 Å². The molecule has 0 fully saturated rings. The van der Waals surface area contributed by atoms with E-state index in [1.54, 1.807) is 36.1 Å². The maximum Gasteiger partial charge on any atom is 0.323 e. The Morgan fingerprint density at radius 2 is 1.89 bits per heavy atom. The number of nitrogens with zero attached hydrogens (tertiary/aromatic N) is 1. The van der Waals surface area contributed by atoms with Gasteiger partial charge in [0.05, 0.1) is 5.75 Å². The standard InChI is InChI=1S/C12H17NO4S/c1-2-18(16,17)9-8-13(10-12(14)15)11-6-4-3-5-7-11/h3-7H,2,8-10H2,1H3,(H,14,15). The number of hydrogen-bond donors (Lipinski definition) is 1. The first-order chi connectivity index (χ1) is 8.44.